The zero-order chi connectivity index (χ0) is 18.4. The second-order valence-electron chi connectivity index (χ2n) is 4.98. The zero-order valence-electron chi connectivity index (χ0n) is 12.8. The largest absolute Gasteiger partial charge is 0.619 e. The predicted molar refractivity (Wildman–Crippen MR) is 88.8 cm³/mol. The Kier molecular flexibility index (Phi) is 6.54. The molecule has 0 spiro atoms. The van der Waals surface area contributed by atoms with Crippen molar-refractivity contribution < 1.29 is 22.7 Å². The van der Waals surface area contributed by atoms with Crippen LogP contribution in [0, 0.1) is 5.21 Å². The average Bonchev–Trinajstić information content (AvgIpc) is 2.87. The highest BCUT2D eigenvalue weighted by atomic mass is 35.5. The van der Waals surface area contributed by atoms with Crippen molar-refractivity contribution in [3.63, 3.8) is 0 Å². The number of hydrogen-bond acceptors (Lipinski definition) is 4. The maximum atomic E-state index is 12.0. The molecule has 2 aromatic rings. The molecule has 2 aromatic heterocycles. The van der Waals surface area contributed by atoms with E-state index in [-0.39, 0.29) is 34.7 Å². The van der Waals surface area contributed by atoms with Crippen molar-refractivity contribution in [2.24, 2.45) is 0 Å². The third-order valence-corrected chi connectivity index (χ3v) is 4.24. The third-order valence-electron chi connectivity index (χ3n) is 2.97. The second kappa shape index (κ2) is 8.43. The summed E-state index contributed by atoms with van der Waals surface area (Å²) in [6.07, 6.45) is -0.964. The van der Waals surface area contributed by atoms with Crippen LogP contribution >= 0.6 is 23.4 Å². The number of amides is 1. The number of carbonyl (C=O) groups is 1. The van der Waals surface area contributed by atoms with Gasteiger partial charge in [-0.1, -0.05) is 11.6 Å². The minimum Gasteiger partial charge on any atom is -0.619 e. The summed E-state index contributed by atoms with van der Waals surface area (Å²) in [5.74, 6) is -0.200. The fourth-order valence-corrected chi connectivity index (χ4v) is 2.90. The van der Waals surface area contributed by atoms with E-state index in [0.29, 0.717) is 10.4 Å². The molecular formula is C14H14ClF3N4O2S. The summed E-state index contributed by atoms with van der Waals surface area (Å²) in [4.78, 5) is 11.8. The van der Waals surface area contributed by atoms with Crippen LogP contribution in [0.3, 0.4) is 0 Å². The first kappa shape index (κ1) is 19.4. The molecule has 0 fully saturated rings. The summed E-state index contributed by atoms with van der Waals surface area (Å²) in [6, 6.07) is 3.18. The number of halogens is 4. The molecule has 0 saturated heterocycles. The van der Waals surface area contributed by atoms with Crippen molar-refractivity contribution in [3.8, 4) is 5.69 Å². The Hall–Kier alpha value is -1.94. The number of nitrogens with zero attached hydrogens (tertiary/aromatic N) is 3. The molecule has 0 aliphatic rings. The van der Waals surface area contributed by atoms with Crippen molar-refractivity contribution in [2.45, 2.75) is 19.0 Å². The van der Waals surface area contributed by atoms with Gasteiger partial charge in [-0.15, -0.1) is 0 Å². The highest BCUT2D eigenvalue weighted by Gasteiger charge is 2.26. The fourth-order valence-electron chi connectivity index (χ4n) is 1.81. The summed E-state index contributed by atoms with van der Waals surface area (Å²) in [5, 5.41) is 17.9. The monoisotopic (exact) mass is 394 g/mol. The van der Waals surface area contributed by atoms with Gasteiger partial charge in [0.25, 0.3) is 0 Å². The Balaban J connectivity index is 1.85. The number of aromatic nitrogens is 3. The molecule has 0 radical (unpaired) electrons. The number of alkyl halides is 3. The Morgan fingerprint density at radius 2 is 2.20 bits per heavy atom. The van der Waals surface area contributed by atoms with Gasteiger partial charge in [0.1, 0.15) is 5.69 Å². The van der Waals surface area contributed by atoms with Gasteiger partial charge in [0.15, 0.2) is 11.3 Å². The van der Waals surface area contributed by atoms with E-state index in [1.165, 1.54) is 29.3 Å². The molecule has 0 unspecified atom stereocenters. The number of nitrogens with one attached hydrogen (secondary N) is 1. The molecule has 0 aliphatic heterocycles. The van der Waals surface area contributed by atoms with Crippen LogP contribution < -0.4 is 10.0 Å². The van der Waals surface area contributed by atoms with Crippen LogP contribution in [0.5, 0.6) is 0 Å². The lowest BCUT2D eigenvalue weighted by Crippen LogP contribution is -2.25. The maximum Gasteiger partial charge on any atom is 0.389 e. The Bertz CT molecular complexity index is 739. The topological polar surface area (TPSA) is 73.9 Å². The third kappa shape index (κ3) is 6.46. The van der Waals surface area contributed by atoms with Gasteiger partial charge in [-0.05, 0) is 6.07 Å². The SMILES string of the molecule is O=C(CCSCCC(F)(F)F)Nc1cn(-c2ccc[n+]([O-])c2)nc1Cl. The Morgan fingerprint density at radius 3 is 2.88 bits per heavy atom. The number of hydrogen-bond donors (Lipinski definition) is 1. The van der Waals surface area contributed by atoms with E-state index in [2.05, 4.69) is 10.4 Å². The number of pyridine rings is 1. The zero-order valence-corrected chi connectivity index (χ0v) is 14.4. The second-order valence-corrected chi connectivity index (χ2v) is 6.56. The van der Waals surface area contributed by atoms with Gasteiger partial charge in [0.05, 0.1) is 18.3 Å². The van der Waals surface area contributed by atoms with Gasteiger partial charge < -0.3 is 10.5 Å². The predicted octanol–water partition coefficient (Wildman–Crippen LogP) is 3.17. The minimum atomic E-state index is -4.18. The molecular weight excluding hydrogens is 381 g/mol. The van der Waals surface area contributed by atoms with Gasteiger partial charge in [-0.2, -0.15) is 34.8 Å². The van der Waals surface area contributed by atoms with Crippen molar-refractivity contribution in [3.05, 3.63) is 41.1 Å². The molecule has 0 saturated carbocycles. The van der Waals surface area contributed by atoms with E-state index in [0.717, 1.165) is 11.8 Å². The molecule has 136 valence electrons. The molecule has 0 atom stereocenters. The van der Waals surface area contributed by atoms with Gasteiger partial charge in [-0.25, -0.2) is 4.68 Å². The summed E-state index contributed by atoms with van der Waals surface area (Å²) >= 11 is 7.01. The van der Waals surface area contributed by atoms with Crippen molar-refractivity contribution in [1.29, 1.82) is 0 Å². The normalized spacial score (nSPS) is 11.5. The molecule has 2 heterocycles. The molecule has 6 nitrogen and oxygen atoms in total. The van der Waals surface area contributed by atoms with E-state index >= 15 is 0 Å². The molecule has 0 aliphatic carbocycles. The Labute approximate surface area is 150 Å². The number of carbonyl (C=O) groups excluding carboxylic acids is 1. The molecule has 1 amide bonds. The van der Waals surface area contributed by atoms with Gasteiger partial charge >= 0.3 is 6.18 Å². The number of thioether (sulfide) groups is 1. The standard InChI is InChI=1S/C14H14ClF3N4O2S/c15-13-11(9-22(20-13)10-2-1-5-21(24)8-10)19-12(23)3-6-25-7-4-14(16,17)18/h1-2,5,8-9H,3-4,6-7H2,(H,19,23). The quantitative estimate of drug-likeness (QED) is 0.444. The van der Waals surface area contributed by atoms with Crippen LogP contribution in [-0.4, -0.2) is 33.4 Å². The van der Waals surface area contributed by atoms with Crippen molar-refractivity contribution in [1.82, 2.24) is 9.78 Å². The van der Waals surface area contributed by atoms with Crippen LogP contribution in [0.4, 0.5) is 18.9 Å². The van der Waals surface area contributed by atoms with Crippen LogP contribution in [0.1, 0.15) is 12.8 Å². The van der Waals surface area contributed by atoms with E-state index in [4.69, 9.17) is 11.6 Å². The van der Waals surface area contributed by atoms with Crippen LogP contribution in [0.2, 0.25) is 5.15 Å². The van der Waals surface area contributed by atoms with Crippen LogP contribution in [0.15, 0.2) is 30.7 Å². The first-order chi connectivity index (χ1) is 11.7. The minimum absolute atomic E-state index is 0.0411. The smallest absolute Gasteiger partial charge is 0.389 e. The fraction of sp³-hybridized carbons (Fsp3) is 0.357. The number of rotatable bonds is 7. The molecule has 0 aromatic carbocycles. The summed E-state index contributed by atoms with van der Waals surface area (Å²) in [6.45, 7) is 0. The number of anilines is 1. The van der Waals surface area contributed by atoms with Gasteiger partial charge in [0.2, 0.25) is 12.1 Å². The molecule has 0 bridgehead atoms. The average molecular weight is 395 g/mol. The van der Waals surface area contributed by atoms with Gasteiger partial charge in [-0.3, -0.25) is 4.79 Å². The summed E-state index contributed by atoms with van der Waals surface area (Å²) in [5.41, 5.74) is 0.718. The lowest BCUT2D eigenvalue weighted by molar-refractivity contribution is -0.605. The summed E-state index contributed by atoms with van der Waals surface area (Å²) < 4.78 is 37.9. The molecule has 25 heavy (non-hydrogen) atoms. The highest BCUT2D eigenvalue weighted by molar-refractivity contribution is 7.99. The summed E-state index contributed by atoms with van der Waals surface area (Å²) in [7, 11) is 0. The van der Waals surface area contributed by atoms with Crippen molar-refractivity contribution in [2.75, 3.05) is 16.8 Å². The molecule has 11 heteroatoms. The van der Waals surface area contributed by atoms with E-state index < -0.39 is 12.6 Å². The first-order valence-electron chi connectivity index (χ1n) is 7.13. The van der Waals surface area contributed by atoms with E-state index in [1.807, 2.05) is 0 Å². The van der Waals surface area contributed by atoms with Crippen LogP contribution in [-0.2, 0) is 4.79 Å². The van der Waals surface area contributed by atoms with E-state index in [9.17, 15) is 23.2 Å². The van der Waals surface area contributed by atoms with Crippen molar-refractivity contribution >= 4 is 35.0 Å². The first-order valence-corrected chi connectivity index (χ1v) is 8.66. The molecule has 2 rings (SSSR count). The van der Waals surface area contributed by atoms with E-state index in [1.54, 1.807) is 6.07 Å². The Morgan fingerprint density at radius 1 is 1.44 bits per heavy atom. The lowest BCUT2D eigenvalue weighted by atomic mass is 10.4. The lowest BCUT2D eigenvalue weighted by Gasteiger charge is -2.06. The van der Waals surface area contributed by atoms with Gasteiger partial charge in [0, 0.05) is 24.0 Å². The maximum absolute atomic E-state index is 12.0. The highest BCUT2D eigenvalue weighted by Crippen LogP contribution is 2.23. The van der Waals surface area contributed by atoms with Crippen LogP contribution in [0.25, 0.3) is 5.69 Å². The molecule has 1 N–H and O–H groups in total.